The second-order valence-corrected chi connectivity index (χ2v) is 7.73. The van der Waals surface area contributed by atoms with Crippen LogP contribution in [-0.2, 0) is 4.74 Å². The summed E-state index contributed by atoms with van der Waals surface area (Å²) in [5.74, 6) is 0.668. The molecule has 1 N–H and O–H groups in total. The molecule has 0 aliphatic rings. The van der Waals surface area contributed by atoms with Gasteiger partial charge in [0.15, 0.2) is 5.88 Å². The van der Waals surface area contributed by atoms with E-state index < -0.39 is 0 Å². The molecule has 0 bridgehead atoms. The maximum absolute atomic E-state index is 5.79. The van der Waals surface area contributed by atoms with Gasteiger partial charge in [-0.3, -0.25) is 0 Å². The van der Waals surface area contributed by atoms with Crippen molar-refractivity contribution in [2.24, 2.45) is 5.41 Å². The van der Waals surface area contributed by atoms with Crippen LogP contribution >= 0.6 is 0 Å². The summed E-state index contributed by atoms with van der Waals surface area (Å²) in [6, 6.07) is 0. The van der Waals surface area contributed by atoms with E-state index >= 15 is 0 Å². The smallest absolute Gasteiger partial charge is 0.180 e. The minimum absolute atomic E-state index is 0.0386. The predicted octanol–water partition coefficient (Wildman–Crippen LogP) is 5.25. The van der Waals surface area contributed by atoms with Crippen LogP contribution in [0.3, 0.4) is 0 Å². The Kier molecular flexibility index (Phi) is 6.44. The van der Waals surface area contributed by atoms with Gasteiger partial charge in [-0.2, -0.15) is 0 Å². The Hall–Kier alpha value is -0.660. The fourth-order valence-electron chi connectivity index (χ4n) is 2.04. The van der Waals surface area contributed by atoms with Gasteiger partial charge < -0.3 is 10.1 Å². The van der Waals surface area contributed by atoms with Crippen LogP contribution in [0.5, 0.6) is 0 Å². The highest BCUT2D eigenvalue weighted by Crippen LogP contribution is 2.36. The molecule has 0 fully saturated rings. The normalized spacial score (nSPS) is 13.3. The molecule has 2 nitrogen and oxygen atoms in total. The summed E-state index contributed by atoms with van der Waals surface area (Å²) in [4.78, 5) is 0. The van der Waals surface area contributed by atoms with Gasteiger partial charge in [-0.15, -0.1) is 0 Å². The van der Waals surface area contributed by atoms with Gasteiger partial charge in [0.25, 0.3) is 0 Å². The summed E-state index contributed by atoms with van der Waals surface area (Å²) >= 11 is 0. The molecule has 19 heavy (non-hydrogen) atoms. The molecule has 0 aromatic rings. The molecule has 0 aromatic heterocycles. The van der Waals surface area contributed by atoms with E-state index in [0.29, 0.717) is 5.88 Å². The Labute approximate surface area is 121 Å². The van der Waals surface area contributed by atoms with Crippen LogP contribution in [-0.4, -0.2) is 11.1 Å². The maximum atomic E-state index is 5.79. The van der Waals surface area contributed by atoms with E-state index in [1.165, 1.54) is 25.7 Å². The van der Waals surface area contributed by atoms with E-state index in [1.54, 1.807) is 0 Å². The number of unbranched alkanes of at least 4 members (excludes halogenated alkanes) is 2. The second kappa shape index (κ2) is 6.67. The fraction of sp³-hybridized carbons (Fsp3) is 0.882. The third-order valence-electron chi connectivity index (χ3n) is 3.98. The molecule has 0 unspecified atom stereocenters. The summed E-state index contributed by atoms with van der Waals surface area (Å²) in [7, 11) is 0. The molecule has 0 aromatic carbocycles. The first-order valence-electron chi connectivity index (χ1n) is 7.57. The largest absolute Gasteiger partial charge is 0.474 e. The average Bonchev–Trinajstić information content (AvgIpc) is 2.12. The number of nitrogens with one attached hydrogen (secondary N) is 1. The van der Waals surface area contributed by atoms with Gasteiger partial charge in [-0.05, 0) is 53.0 Å². The lowest BCUT2D eigenvalue weighted by molar-refractivity contribution is 0.0199. The number of hydrogen-bond donors (Lipinski definition) is 1. The molecule has 0 saturated heterocycles. The minimum Gasteiger partial charge on any atom is -0.474 e. The van der Waals surface area contributed by atoms with Crippen LogP contribution in [0.15, 0.2) is 12.5 Å². The third-order valence-corrected chi connectivity index (χ3v) is 3.98. The van der Waals surface area contributed by atoms with Crippen LogP contribution in [0.25, 0.3) is 0 Å². The van der Waals surface area contributed by atoms with Gasteiger partial charge in [0.2, 0.25) is 0 Å². The molecule has 114 valence electrons. The van der Waals surface area contributed by atoms with E-state index in [0.717, 1.165) is 0 Å². The maximum Gasteiger partial charge on any atom is 0.180 e. The molecule has 0 radical (unpaired) electrons. The highest BCUT2D eigenvalue weighted by molar-refractivity contribution is 4.99. The van der Waals surface area contributed by atoms with Crippen LogP contribution < -0.4 is 5.32 Å². The molecular weight excluding hydrogens is 234 g/mol. The van der Waals surface area contributed by atoms with E-state index in [1.807, 2.05) is 20.8 Å². The van der Waals surface area contributed by atoms with E-state index in [2.05, 4.69) is 46.5 Å². The van der Waals surface area contributed by atoms with Gasteiger partial charge in [0.1, 0.15) is 5.60 Å². The third kappa shape index (κ3) is 6.89. The molecular formula is C17H35NO. The molecule has 0 aliphatic heterocycles. The van der Waals surface area contributed by atoms with Crippen LogP contribution in [0.4, 0.5) is 0 Å². The van der Waals surface area contributed by atoms with Gasteiger partial charge in [0, 0.05) is 5.54 Å². The first-order chi connectivity index (χ1) is 8.41. The van der Waals surface area contributed by atoms with Crippen molar-refractivity contribution in [3.05, 3.63) is 12.5 Å². The van der Waals surface area contributed by atoms with E-state index in [-0.39, 0.29) is 16.6 Å². The Morgan fingerprint density at radius 1 is 1.00 bits per heavy atom. The summed E-state index contributed by atoms with van der Waals surface area (Å²) in [5.41, 5.74) is -0.0397. The Morgan fingerprint density at radius 3 is 1.95 bits per heavy atom. The Bertz CT molecular complexity index is 284. The van der Waals surface area contributed by atoms with Crippen LogP contribution in [0, 0.1) is 5.41 Å². The first kappa shape index (κ1) is 18.3. The minimum atomic E-state index is -0.202. The lowest BCUT2D eigenvalue weighted by Gasteiger charge is -2.44. The molecule has 0 amide bonds. The summed E-state index contributed by atoms with van der Waals surface area (Å²) in [6.07, 6.45) is 5.06. The van der Waals surface area contributed by atoms with Crippen molar-refractivity contribution in [1.29, 1.82) is 0 Å². The number of hydrogen-bond acceptors (Lipinski definition) is 2. The van der Waals surface area contributed by atoms with Crippen molar-refractivity contribution < 1.29 is 4.74 Å². The average molecular weight is 269 g/mol. The number of rotatable bonds is 8. The zero-order valence-electron chi connectivity index (χ0n) is 14.4. The Balaban J connectivity index is 4.54. The quantitative estimate of drug-likeness (QED) is 0.480. The molecule has 0 atom stereocenters. The zero-order valence-corrected chi connectivity index (χ0v) is 14.4. The van der Waals surface area contributed by atoms with Gasteiger partial charge >= 0.3 is 0 Å². The van der Waals surface area contributed by atoms with Crippen molar-refractivity contribution >= 4 is 0 Å². The lowest BCUT2D eigenvalue weighted by atomic mass is 9.71. The molecule has 0 aliphatic carbocycles. The van der Waals surface area contributed by atoms with Crippen molar-refractivity contribution in [2.75, 3.05) is 0 Å². The lowest BCUT2D eigenvalue weighted by Crippen LogP contribution is -2.51. The van der Waals surface area contributed by atoms with Crippen LogP contribution in [0.1, 0.15) is 81.1 Å². The standard InChI is InChI=1S/C17H35NO/c1-10-11-12-13-16(6,7)17(8,9)18-14(2)19-15(3,4)5/h18H,2,10-13H2,1,3-9H3. The zero-order chi connectivity index (χ0) is 15.3. The predicted molar refractivity (Wildman–Crippen MR) is 85.1 cm³/mol. The summed E-state index contributed by atoms with van der Waals surface area (Å²) in [5, 5.41) is 3.46. The first-order valence-corrected chi connectivity index (χ1v) is 7.57. The van der Waals surface area contributed by atoms with Crippen LogP contribution in [0.2, 0.25) is 0 Å². The topological polar surface area (TPSA) is 21.3 Å². The summed E-state index contributed by atoms with van der Waals surface area (Å²) < 4.78 is 5.79. The molecule has 0 heterocycles. The van der Waals surface area contributed by atoms with Crippen molar-refractivity contribution in [3.8, 4) is 0 Å². The highest BCUT2D eigenvalue weighted by Gasteiger charge is 2.37. The van der Waals surface area contributed by atoms with Crippen molar-refractivity contribution in [3.63, 3.8) is 0 Å². The Morgan fingerprint density at radius 2 is 1.53 bits per heavy atom. The van der Waals surface area contributed by atoms with E-state index in [4.69, 9.17) is 4.74 Å². The molecule has 0 spiro atoms. The van der Waals surface area contributed by atoms with Gasteiger partial charge in [0.05, 0.1) is 0 Å². The summed E-state index contributed by atoms with van der Waals surface area (Å²) in [6.45, 7) is 21.5. The molecule has 0 rings (SSSR count). The monoisotopic (exact) mass is 269 g/mol. The van der Waals surface area contributed by atoms with Gasteiger partial charge in [-0.1, -0.05) is 40.0 Å². The molecule has 2 heteroatoms. The second-order valence-electron chi connectivity index (χ2n) is 7.73. The SMILES string of the molecule is C=C(NC(C)(C)C(C)(C)CCCCC)OC(C)(C)C. The fourth-order valence-corrected chi connectivity index (χ4v) is 2.04. The number of ether oxygens (including phenoxy) is 1. The highest BCUT2D eigenvalue weighted by atomic mass is 16.5. The van der Waals surface area contributed by atoms with Gasteiger partial charge in [-0.25, -0.2) is 0 Å². The van der Waals surface area contributed by atoms with Crippen molar-refractivity contribution in [2.45, 2.75) is 92.2 Å². The molecule has 0 saturated carbocycles. The van der Waals surface area contributed by atoms with Crippen molar-refractivity contribution in [1.82, 2.24) is 5.32 Å². The van der Waals surface area contributed by atoms with E-state index in [9.17, 15) is 0 Å².